The first kappa shape index (κ1) is 21.9. The van der Waals surface area contributed by atoms with Crippen LogP contribution in [0, 0.1) is 6.92 Å². The van der Waals surface area contributed by atoms with Crippen LogP contribution in [0.5, 0.6) is 0 Å². The molecule has 2 aromatic carbocycles. The number of hydrogen-bond donors (Lipinski definition) is 1. The normalized spacial score (nSPS) is 18.7. The number of fused-ring (bicyclic) bond motifs is 2. The van der Waals surface area contributed by atoms with Crippen LogP contribution in [0.4, 0.5) is 11.4 Å². The number of hydrogen-bond acceptors (Lipinski definition) is 4. The van der Waals surface area contributed by atoms with Crippen LogP contribution >= 0.6 is 12.2 Å². The lowest BCUT2D eigenvalue weighted by Crippen LogP contribution is -2.54. The highest BCUT2D eigenvalue weighted by Gasteiger charge is 2.25. The SMILES string of the molecule is Cc1cccc(N2CCN(C(=S)Nc3ccc4nc5n(c(=O)c4c3)CCCCC5)CC2C)c1. The van der Waals surface area contributed by atoms with Gasteiger partial charge in [0.25, 0.3) is 5.56 Å². The predicted molar refractivity (Wildman–Crippen MR) is 139 cm³/mol. The summed E-state index contributed by atoms with van der Waals surface area (Å²) in [6.07, 6.45) is 4.16. The number of anilines is 2. The van der Waals surface area contributed by atoms with Crippen molar-refractivity contribution in [2.45, 2.75) is 52.1 Å². The highest BCUT2D eigenvalue weighted by Crippen LogP contribution is 2.23. The molecule has 3 aromatic rings. The van der Waals surface area contributed by atoms with Crippen molar-refractivity contribution in [3.05, 3.63) is 64.2 Å². The maximum Gasteiger partial charge on any atom is 0.261 e. The van der Waals surface area contributed by atoms with E-state index in [9.17, 15) is 4.79 Å². The zero-order chi connectivity index (χ0) is 22.9. The van der Waals surface area contributed by atoms with Crippen molar-refractivity contribution in [1.29, 1.82) is 0 Å². The molecule has 2 aliphatic rings. The molecule has 6 nitrogen and oxygen atoms in total. The Balaban J connectivity index is 1.31. The fourth-order valence-electron chi connectivity index (χ4n) is 5.03. The average molecular weight is 462 g/mol. The van der Waals surface area contributed by atoms with E-state index in [1.165, 1.54) is 11.3 Å². The molecule has 0 amide bonds. The molecule has 33 heavy (non-hydrogen) atoms. The standard InChI is InChI=1S/C26H31N5OS/c1-18-7-6-8-21(15-18)30-14-13-29(17-19(30)2)26(33)27-20-10-11-23-22(16-20)25(32)31-12-5-3-4-9-24(31)28-23/h6-8,10-11,15-16,19H,3-5,9,12-14,17H2,1-2H3,(H,27,33). The molecule has 2 aliphatic heterocycles. The summed E-state index contributed by atoms with van der Waals surface area (Å²) in [4.78, 5) is 22.6. The number of rotatable bonds is 2. The minimum atomic E-state index is 0.0619. The second-order valence-corrected chi connectivity index (χ2v) is 9.67. The van der Waals surface area contributed by atoms with E-state index in [4.69, 9.17) is 17.2 Å². The fourth-order valence-corrected chi connectivity index (χ4v) is 5.31. The summed E-state index contributed by atoms with van der Waals surface area (Å²) in [5, 5.41) is 4.73. The number of aromatic nitrogens is 2. The van der Waals surface area contributed by atoms with Gasteiger partial charge in [-0.05, 0) is 74.8 Å². The van der Waals surface area contributed by atoms with Gasteiger partial charge in [0.15, 0.2) is 5.11 Å². The minimum absolute atomic E-state index is 0.0619. The Bertz CT molecular complexity index is 1250. The lowest BCUT2D eigenvalue weighted by atomic mass is 10.1. The summed E-state index contributed by atoms with van der Waals surface area (Å²) < 4.78 is 1.86. The molecule has 0 spiro atoms. The van der Waals surface area contributed by atoms with Gasteiger partial charge in [-0.1, -0.05) is 18.6 Å². The van der Waals surface area contributed by atoms with E-state index >= 15 is 0 Å². The highest BCUT2D eigenvalue weighted by molar-refractivity contribution is 7.80. The third kappa shape index (κ3) is 4.47. The molecular weight excluding hydrogens is 430 g/mol. The number of aryl methyl sites for hydroxylation is 2. The van der Waals surface area contributed by atoms with Crippen molar-refractivity contribution in [2.75, 3.05) is 29.9 Å². The topological polar surface area (TPSA) is 53.4 Å². The summed E-state index contributed by atoms with van der Waals surface area (Å²) >= 11 is 5.75. The summed E-state index contributed by atoms with van der Waals surface area (Å²) in [6, 6.07) is 14.8. The van der Waals surface area contributed by atoms with Gasteiger partial charge in [0, 0.05) is 50.0 Å². The second-order valence-electron chi connectivity index (χ2n) is 9.28. The van der Waals surface area contributed by atoms with Crippen LogP contribution in [0.15, 0.2) is 47.3 Å². The van der Waals surface area contributed by atoms with Crippen LogP contribution in [-0.2, 0) is 13.0 Å². The number of benzene rings is 2. The van der Waals surface area contributed by atoms with Crippen LogP contribution in [-0.4, -0.2) is 45.2 Å². The van der Waals surface area contributed by atoms with Gasteiger partial charge in [0.2, 0.25) is 0 Å². The zero-order valence-electron chi connectivity index (χ0n) is 19.4. The lowest BCUT2D eigenvalue weighted by molar-refractivity contribution is 0.342. The molecule has 1 unspecified atom stereocenters. The monoisotopic (exact) mass is 461 g/mol. The van der Waals surface area contributed by atoms with Gasteiger partial charge in [0.05, 0.1) is 10.9 Å². The number of thiocarbonyl (C=S) groups is 1. The number of piperazine rings is 1. The molecule has 172 valence electrons. The van der Waals surface area contributed by atoms with E-state index in [-0.39, 0.29) is 5.56 Å². The van der Waals surface area contributed by atoms with Crippen molar-refractivity contribution in [3.8, 4) is 0 Å². The summed E-state index contributed by atoms with van der Waals surface area (Å²) in [6.45, 7) is 7.76. The third-order valence-corrected chi connectivity index (χ3v) is 7.17. The maximum absolute atomic E-state index is 13.1. The zero-order valence-corrected chi connectivity index (χ0v) is 20.2. The van der Waals surface area contributed by atoms with Crippen molar-refractivity contribution >= 4 is 39.6 Å². The van der Waals surface area contributed by atoms with Gasteiger partial charge in [0.1, 0.15) is 5.82 Å². The first-order valence-corrected chi connectivity index (χ1v) is 12.3. The minimum Gasteiger partial charge on any atom is -0.365 e. The Kier molecular flexibility index (Phi) is 6.06. The molecule has 0 bridgehead atoms. The Hall–Kier alpha value is -2.93. The molecule has 1 atom stereocenters. The molecule has 0 aliphatic carbocycles. The molecule has 5 rings (SSSR count). The quantitative estimate of drug-likeness (QED) is 0.573. The van der Waals surface area contributed by atoms with Crippen molar-refractivity contribution in [3.63, 3.8) is 0 Å². The van der Waals surface area contributed by atoms with E-state index < -0.39 is 0 Å². The largest absolute Gasteiger partial charge is 0.365 e. The first-order valence-electron chi connectivity index (χ1n) is 11.9. The second kappa shape index (κ2) is 9.14. The Morgan fingerprint density at radius 3 is 2.79 bits per heavy atom. The average Bonchev–Trinajstić information content (AvgIpc) is 3.05. The van der Waals surface area contributed by atoms with Gasteiger partial charge in [-0.15, -0.1) is 0 Å². The van der Waals surface area contributed by atoms with Gasteiger partial charge in [-0.25, -0.2) is 4.98 Å². The highest BCUT2D eigenvalue weighted by atomic mass is 32.1. The van der Waals surface area contributed by atoms with Crippen molar-refractivity contribution in [2.24, 2.45) is 0 Å². The summed E-state index contributed by atoms with van der Waals surface area (Å²) in [7, 11) is 0. The molecule has 7 heteroatoms. The fraction of sp³-hybridized carbons (Fsp3) is 0.423. The molecule has 3 heterocycles. The smallest absolute Gasteiger partial charge is 0.261 e. The molecule has 0 saturated carbocycles. The van der Waals surface area contributed by atoms with E-state index in [0.717, 1.165) is 68.9 Å². The lowest BCUT2D eigenvalue weighted by Gasteiger charge is -2.42. The van der Waals surface area contributed by atoms with E-state index in [0.29, 0.717) is 16.5 Å². The molecule has 0 radical (unpaired) electrons. The number of nitrogens with zero attached hydrogens (tertiary/aromatic N) is 4. The molecule has 1 aromatic heterocycles. The third-order valence-electron chi connectivity index (χ3n) is 6.81. The van der Waals surface area contributed by atoms with Gasteiger partial charge >= 0.3 is 0 Å². The van der Waals surface area contributed by atoms with Crippen molar-refractivity contribution in [1.82, 2.24) is 14.5 Å². The van der Waals surface area contributed by atoms with Crippen LogP contribution in [0.3, 0.4) is 0 Å². The molecule has 1 saturated heterocycles. The van der Waals surface area contributed by atoms with Gasteiger partial charge in [-0.3, -0.25) is 9.36 Å². The van der Waals surface area contributed by atoms with Crippen LogP contribution in [0.25, 0.3) is 10.9 Å². The Morgan fingerprint density at radius 2 is 1.97 bits per heavy atom. The summed E-state index contributed by atoms with van der Waals surface area (Å²) in [5.74, 6) is 0.918. The van der Waals surface area contributed by atoms with Crippen LogP contribution < -0.4 is 15.8 Å². The number of nitrogens with one attached hydrogen (secondary N) is 1. The van der Waals surface area contributed by atoms with Crippen LogP contribution in [0.2, 0.25) is 0 Å². The molecule has 1 fully saturated rings. The van der Waals surface area contributed by atoms with E-state index in [2.05, 4.69) is 53.2 Å². The van der Waals surface area contributed by atoms with Crippen molar-refractivity contribution < 1.29 is 0 Å². The first-order chi connectivity index (χ1) is 16.0. The van der Waals surface area contributed by atoms with Gasteiger partial charge < -0.3 is 15.1 Å². The van der Waals surface area contributed by atoms with E-state index in [1.54, 1.807) is 0 Å². The molecular formula is C26H31N5OS. The maximum atomic E-state index is 13.1. The Morgan fingerprint density at radius 1 is 1.09 bits per heavy atom. The summed E-state index contributed by atoms with van der Waals surface area (Å²) in [5.41, 5.74) is 4.21. The predicted octanol–water partition coefficient (Wildman–Crippen LogP) is 4.34. The Labute approximate surface area is 200 Å². The van der Waals surface area contributed by atoms with E-state index in [1.807, 2.05) is 22.8 Å². The molecule has 1 N–H and O–H groups in total. The van der Waals surface area contributed by atoms with Crippen LogP contribution in [0.1, 0.15) is 37.6 Å². The van der Waals surface area contributed by atoms with Gasteiger partial charge in [-0.2, -0.15) is 0 Å².